The molecule has 30 heavy (non-hydrogen) atoms. The van der Waals surface area contributed by atoms with Crippen LogP contribution in [0, 0.1) is 5.92 Å². The number of benzene rings is 1. The van der Waals surface area contributed by atoms with E-state index >= 15 is 0 Å². The van der Waals surface area contributed by atoms with Crippen LogP contribution >= 0.6 is 11.3 Å². The normalized spacial score (nSPS) is 16.3. The van der Waals surface area contributed by atoms with E-state index in [0.29, 0.717) is 12.3 Å². The van der Waals surface area contributed by atoms with E-state index in [0.717, 1.165) is 61.9 Å². The molecule has 1 aromatic carbocycles. The Labute approximate surface area is 183 Å². The molecule has 1 fully saturated rings. The lowest BCUT2D eigenvalue weighted by molar-refractivity contribution is 0.0962. The van der Waals surface area contributed by atoms with Crippen molar-refractivity contribution in [1.82, 2.24) is 14.9 Å². The van der Waals surface area contributed by atoms with E-state index < -0.39 is 0 Å². The first kappa shape index (κ1) is 21.1. The zero-order chi connectivity index (χ0) is 20.9. The number of aromatic nitrogens is 2. The van der Waals surface area contributed by atoms with Crippen molar-refractivity contribution >= 4 is 33.2 Å². The van der Waals surface area contributed by atoms with Gasteiger partial charge in [-0.2, -0.15) is 0 Å². The summed E-state index contributed by atoms with van der Waals surface area (Å²) in [6.07, 6.45) is 8.87. The van der Waals surface area contributed by atoms with Crippen molar-refractivity contribution in [3.05, 3.63) is 47.1 Å². The highest BCUT2D eigenvalue weighted by Gasteiger charge is 2.22. The summed E-state index contributed by atoms with van der Waals surface area (Å²) in [5.74, 6) is 0.611. The van der Waals surface area contributed by atoms with Crippen LogP contribution in [0.2, 0.25) is 0 Å². The average molecular weight is 425 g/mol. The first-order valence-corrected chi connectivity index (χ1v) is 11.9. The maximum absolute atomic E-state index is 13.1. The molecule has 1 aliphatic rings. The summed E-state index contributed by atoms with van der Waals surface area (Å²) in [5, 5.41) is 2.27. The number of unbranched alkanes of at least 4 members (excludes halogenated alkanes) is 1. The number of fused-ring (bicyclic) bond motifs is 1. The van der Waals surface area contributed by atoms with E-state index in [2.05, 4.69) is 64.2 Å². The van der Waals surface area contributed by atoms with Gasteiger partial charge in [-0.3, -0.25) is 4.79 Å². The molecule has 0 spiro atoms. The molecule has 2 aromatic heterocycles. The van der Waals surface area contributed by atoms with Crippen LogP contribution in [0.3, 0.4) is 0 Å². The lowest BCUT2D eigenvalue weighted by atomic mass is 9.89. The van der Waals surface area contributed by atoms with E-state index in [1.54, 1.807) is 17.5 Å². The molecule has 0 radical (unpaired) electrons. The predicted octanol–water partition coefficient (Wildman–Crippen LogP) is 5.00. The second-order valence-electron chi connectivity index (χ2n) is 8.50. The quantitative estimate of drug-likeness (QED) is 0.491. The molecule has 1 atom stereocenters. The van der Waals surface area contributed by atoms with Crippen LogP contribution < -0.4 is 4.90 Å². The smallest absolute Gasteiger partial charge is 0.186 e. The summed E-state index contributed by atoms with van der Waals surface area (Å²) >= 11 is 1.57. The summed E-state index contributed by atoms with van der Waals surface area (Å²) in [5.41, 5.74) is 2.49. The molecule has 3 aromatic rings. The van der Waals surface area contributed by atoms with Gasteiger partial charge in [-0.05, 0) is 37.4 Å². The van der Waals surface area contributed by atoms with Crippen LogP contribution in [-0.4, -0.2) is 53.9 Å². The number of nitrogens with zero attached hydrogens (tertiary/aromatic N) is 3. The molecular formula is C24H32N4OS. The third kappa shape index (κ3) is 4.93. The molecule has 0 unspecified atom stereocenters. The third-order valence-corrected chi connectivity index (χ3v) is 7.26. The largest absolute Gasteiger partial charge is 0.361 e. The van der Waals surface area contributed by atoms with Crippen LogP contribution in [0.4, 0.5) is 5.13 Å². The number of hydrogen-bond donors (Lipinski definition) is 1. The number of nitrogens with one attached hydrogen (secondary N) is 1. The first-order chi connectivity index (χ1) is 14.6. The number of carbonyl (C=O) groups is 1. The minimum Gasteiger partial charge on any atom is -0.361 e. The molecule has 0 amide bonds. The fourth-order valence-electron chi connectivity index (χ4n) is 4.28. The molecule has 3 heterocycles. The third-order valence-electron chi connectivity index (χ3n) is 6.17. The number of Topliss-reactive ketones (excluding diaryl/α,β-unsaturated/α-hetero) is 1. The number of carbonyl (C=O) groups excluding carboxylic acids is 1. The summed E-state index contributed by atoms with van der Waals surface area (Å²) in [4.78, 5) is 26.5. The summed E-state index contributed by atoms with van der Waals surface area (Å²) in [6, 6.07) is 8.43. The van der Waals surface area contributed by atoms with Gasteiger partial charge in [0.2, 0.25) is 0 Å². The summed E-state index contributed by atoms with van der Waals surface area (Å²) in [7, 11) is 2.15. The van der Waals surface area contributed by atoms with E-state index in [1.807, 2.05) is 0 Å². The minimum absolute atomic E-state index is 0.244. The maximum Gasteiger partial charge on any atom is 0.186 e. The molecular weight excluding hydrogens is 392 g/mol. The number of H-pyrrole nitrogens is 1. The Hall–Kier alpha value is -2.18. The molecule has 1 N–H and O–H groups in total. The van der Waals surface area contributed by atoms with Crippen molar-refractivity contribution in [3.63, 3.8) is 0 Å². The number of piperazine rings is 1. The number of aromatic amines is 1. The molecule has 6 heteroatoms. The molecule has 160 valence electrons. The van der Waals surface area contributed by atoms with E-state index in [4.69, 9.17) is 0 Å². The van der Waals surface area contributed by atoms with Gasteiger partial charge in [-0.15, -0.1) is 0 Å². The van der Waals surface area contributed by atoms with Gasteiger partial charge in [0, 0.05) is 49.7 Å². The van der Waals surface area contributed by atoms with Crippen LogP contribution in [0.15, 0.2) is 36.7 Å². The molecule has 1 saturated heterocycles. The van der Waals surface area contributed by atoms with Crippen molar-refractivity contribution in [2.75, 3.05) is 38.1 Å². The number of anilines is 1. The van der Waals surface area contributed by atoms with Gasteiger partial charge in [-0.1, -0.05) is 49.3 Å². The average Bonchev–Trinajstić information content (AvgIpc) is 3.40. The summed E-state index contributed by atoms with van der Waals surface area (Å²) < 4.78 is 0. The van der Waals surface area contributed by atoms with E-state index in [1.165, 1.54) is 16.5 Å². The first-order valence-electron chi connectivity index (χ1n) is 11.1. The van der Waals surface area contributed by atoms with Crippen molar-refractivity contribution in [2.24, 2.45) is 5.92 Å². The number of ketones is 1. The van der Waals surface area contributed by atoms with Gasteiger partial charge < -0.3 is 14.8 Å². The molecule has 0 saturated carbocycles. The fraction of sp³-hybridized carbons (Fsp3) is 0.500. The van der Waals surface area contributed by atoms with Crippen LogP contribution in [0.5, 0.6) is 0 Å². The van der Waals surface area contributed by atoms with Gasteiger partial charge in [0.25, 0.3) is 0 Å². The Bertz CT molecular complexity index is 970. The van der Waals surface area contributed by atoms with Gasteiger partial charge in [0.1, 0.15) is 0 Å². The standard InChI is InChI=1S/C24H32N4OS/c1-3-4-7-18(14-19-16-25-21-9-6-5-8-20(19)21)15-22(29)23-17-26-24(30-23)28-12-10-27(2)11-13-28/h5-6,8-9,16-18,25H,3-4,7,10-15H2,1-2H3/t18-/m1/s1. The monoisotopic (exact) mass is 424 g/mol. The molecule has 1 aliphatic heterocycles. The molecule has 0 bridgehead atoms. The topological polar surface area (TPSA) is 52.2 Å². The number of hydrogen-bond acceptors (Lipinski definition) is 5. The van der Waals surface area contributed by atoms with Gasteiger partial charge in [-0.25, -0.2) is 4.98 Å². The number of para-hydroxylation sites is 1. The van der Waals surface area contributed by atoms with Crippen LogP contribution in [0.1, 0.15) is 47.8 Å². The zero-order valence-electron chi connectivity index (χ0n) is 18.1. The van der Waals surface area contributed by atoms with E-state index in [9.17, 15) is 4.79 Å². The maximum atomic E-state index is 13.1. The predicted molar refractivity (Wildman–Crippen MR) is 126 cm³/mol. The lowest BCUT2D eigenvalue weighted by Crippen LogP contribution is -2.44. The molecule has 4 rings (SSSR count). The van der Waals surface area contributed by atoms with Crippen LogP contribution in [-0.2, 0) is 6.42 Å². The second-order valence-corrected chi connectivity index (χ2v) is 9.51. The Morgan fingerprint density at radius 3 is 2.83 bits per heavy atom. The Kier molecular flexibility index (Phi) is 6.85. The van der Waals surface area contributed by atoms with E-state index in [-0.39, 0.29) is 5.78 Å². The van der Waals surface area contributed by atoms with Crippen molar-refractivity contribution < 1.29 is 4.79 Å². The number of rotatable bonds is 9. The summed E-state index contributed by atoms with van der Waals surface area (Å²) in [6.45, 7) is 6.28. The van der Waals surface area contributed by atoms with Gasteiger partial charge in [0.15, 0.2) is 10.9 Å². The number of thiazole rings is 1. The lowest BCUT2D eigenvalue weighted by Gasteiger charge is -2.32. The zero-order valence-corrected chi connectivity index (χ0v) is 18.9. The second kappa shape index (κ2) is 9.75. The number of likely N-dealkylation sites (N-methyl/N-ethyl adjacent to an activating group) is 1. The molecule has 5 nitrogen and oxygen atoms in total. The minimum atomic E-state index is 0.244. The fourth-order valence-corrected chi connectivity index (χ4v) is 5.20. The highest BCUT2D eigenvalue weighted by atomic mass is 32.1. The van der Waals surface area contributed by atoms with Gasteiger partial charge in [0.05, 0.1) is 11.1 Å². The van der Waals surface area contributed by atoms with Crippen molar-refractivity contribution in [2.45, 2.75) is 39.0 Å². The SMILES string of the molecule is CCCC[C@@H](CC(=O)c1cnc(N2CCN(C)CC2)s1)Cc1c[nH]c2ccccc12. The Morgan fingerprint density at radius 1 is 1.23 bits per heavy atom. The highest BCUT2D eigenvalue weighted by molar-refractivity contribution is 7.17. The van der Waals surface area contributed by atoms with Crippen LogP contribution in [0.25, 0.3) is 10.9 Å². The molecule has 0 aliphatic carbocycles. The Balaban J connectivity index is 1.43. The Morgan fingerprint density at radius 2 is 2.03 bits per heavy atom. The van der Waals surface area contributed by atoms with Crippen molar-refractivity contribution in [1.29, 1.82) is 0 Å². The van der Waals surface area contributed by atoms with Crippen molar-refractivity contribution in [3.8, 4) is 0 Å². The highest BCUT2D eigenvalue weighted by Crippen LogP contribution is 2.29. The van der Waals surface area contributed by atoms with Gasteiger partial charge >= 0.3 is 0 Å².